The normalized spacial score (nSPS) is 28.4. The monoisotopic (exact) mass is 181 g/mol. The highest BCUT2D eigenvalue weighted by Crippen LogP contribution is 2.50. The predicted molar refractivity (Wildman–Crippen MR) is 56.8 cm³/mol. The molecule has 0 spiro atoms. The zero-order valence-corrected chi connectivity index (χ0v) is 8.94. The minimum Gasteiger partial charge on any atom is -0.317 e. The van der Waals surface area contributed by atoms with Crippen LogP contribution in [0.5, 0.6) is 0 Å². The Bertz CT molecular complexity index is 149. The van der Waals surface area contributed by atoms with Gasteiger partial charge < -0.3 is 5.32 Å². The third-order valence-corrected chi connectivity index (χ3v) is 4.32. The summed E-state index contributed by atoms with van der Waals surface area (Å²) in [5.74, 6) is 1.09. The highest BCUT2D eigenvalue weighted by atomic mass is 14.9. The molecule has 0 radical (unpaired) electrons. The number of nitrogens with one attached hydrogen (secondary N) is 1. The van der Waals surface area contributed by atoms with Crippen LogP contribution in [0.25, 0.3) is 0 Å². The molecule has 1 nitrogen and oxygen atoms in total. The summed E-state index contributed by atoms with van der Waals surface area (Å²) < 4.78 is 0. The molecule has 2 aliphatic rings. The Labute approximate surface area is 82.3 Å². The predicted octanol–water partition coefficient (Wildman–Crippen LogP) is 2.96. The zero-order valence-electron chi connectivity index (χ0n) is 8.94. The summed E-state index contributed by atoms with van der Waals surface area (Å²) in [6.45, 7) is 4.90. The minimum absolute atomic E-state index is 0.762. The lowest BCUT2D eigenvalue weighted by molar-refractivity contribution is 0.0381. The summed E-state index contributed by atoms with van der Waals surface area (Å²) in [6.07, 6.45) is 10.3. The first-order valence-corrected chi connectivity index (χ1v) is 6.08. The first kappa shape index (κ1) is 9.51. The summed E-state index contributed by atoms with van der Waals surface area (Å²) in [5, 5.41) is 3.50. The van der Waals surface area contributed by atoms with Crippen molar-refractivity contribution in [2.24, 2.45) is 11.3 Å². The van der Waals surface area contributed by atoms with Crippen molar-refractivity contribution in [3.63, 3.8) is 0 Å². The molecular weight excluding hydrogens is 158 g/mol. The smallest absolute Gasteiger partial charge is 0.00435 e. The first-order valence-electron chi connectivity index (χ1n) is 6.08. The summed E-state index contributed by atoms with van der Waals surface area (Å²) in [5.41, 5.74) is 0.762. The van der Waals surface area contributed by atoms with Gasteiger partial charge in [0, 0.05) is 0 Å². The molecule has 1 saturated carbocycles. The SMILES string of the molecule is CCCC1(C2CCC2)CCNCC1. The maximum Gasteiger partial charge on any atom is -0.00435 e. The standard InChI is InChI=1S/C12H23N/c1-2-6-12(11-4-3-5-11)7-9-13-10-8-12/h11,13H,2-10H2,1H3. The molecule has 13 heavy (non-hydrogen) atoms. The van der Waals surface area contributed by atoms with Crippen molar-refractivity contribution in [1.82, 2.24) is 5.32 Å². The van der Waals surface area contributed by atoms with Crippen molar-refractivity contribution >= 4 is 0 Å². The van der Waals surface area contributed by atoms with Gasteiger partial charge in [-0.05, 0) is 56.5 Å². The van der Waals surface area contributed by atoms with Gasteiger partial charge in [0.1, 0.15) is 0 Å². The Morgan fingerprint density at radius 1 is 1.23 bits per heavy atom. The van der Waals surface area contributed by atoms with Crippen LogP contribution in [0.1, 0.15) is 51.9 Å². The Morgan fingerprint density at radius 3 is 2.38 bits per heavy atom. The Morgan fingerprint density at radius 2 is 1.92 bits per heavy atom. The maximum atomic E-state index is 3.50. The van der Waals surface area contributed by atoms with Crippen molar-refractivity contribution in [1.29, 1.82) is 0 Å². The van der Waals surface area contributed by atoms with Gasteiger partial charge in [-0.1, -0.05) is 19.8 Å². The van der Waals surface area contributed by atoms with Crippen molar-refractivity contribution in [3.05, 3.63) is 0 Å². The van der Waals surface area contributed by atoms with Crippen LogP contribution in [0.4, 0.5) is 0 Å². The van der Waals surface area contributed by atoms with Gasteiger partial charge >= 0.3 is 0 Å². The molecule has 0 amide bonds. The molecule has 1 aliphatic carbocycles. The minimum atomic E-state index is 0.762. The van der Waals surface area contributed by atoms with E-state index in [1.54, 1.807) is 0 Å². The summed E-state index contributed by atoms with van der Waals surface area (Å²) in [4.78, 5) is 0. The molecule has 0 aromatic rings. The van der Waals surface area contributed by atoms with Crippen LogP contribution in [0.2, 0.25) is 0 Å². The van der Waals surface area contributed by atoms with Crippen molar-refractivity contribution in [2.45, 2.75) is 51.9 Å². The second-order valence-electron chi connectivity index (χ2n) is 4.99. The molecule has 0 bridgehead atoms. The summed E-state index contributed by atoms with van der Waals surface area (Å²) in [6, 6.07) is 0. The maximum absolute atomic E-state index is 3.50. The molecule has 2 rings (SSSR count). The third-order valence-electron chi connectivity index (χ3n) is 4.32. The van der Waals surface area contributed by atoms with Crippen LogP contribution < -0.4 is 5.32 Å². The van der Waals surface area contributed by atoms with E-state index in [9.17, 15) is 0 Å². The average Bonchev–Trinajstić information content (AvgIpc) is 2.02. The summed E-state index contributed by atoms with van der Waals surface area (Å²) >= 11 is 0. The van der Waals surface area contributed by atoms with Crippen LogP contribution in [-0.2, 0) is 0 Å². The molecule has 1 aliphatic heterocycles. The lowest BCUT2D eigenvalue weighted by Crippen LogP contribution is -2.43. The zero-order chi connectivity index (χ0) is 9.15. The second kappa shape index (κ2) is 4.00. The van der Waals surface area contributed by atoms with E-state index in [0.29, 0.717) is 0 Å². The van der Waals surface area contributed by atoms with E-state index < -0.39 is 0 Å². The fraction of sp³-hybridized carbons (Fsp3) is 1.00. The lowest BCUT2D eigenvalue weighted by Gasteiger charge is -2.48. The van der Waals surface area contributed by atoms with E-state index in [-0.39, 0.29) is 0 Å². The molecule has 0 aromatic heterocycles. The summed E-state index contributed by atoms with van der Waals surface area (Å²) in [7, 11) is 0. The van der Waals surface area contributed by atoms with Crippen molar-refractivity contribution in [2.75, 3.05) is 13.1 Å². The van der Waals surface area contributed by atoms with Crippen LogP contribution in [0.3, 0.4) is 0 Å². The Hall–Kier alpha value is -0.0400. The van der Waals surface area contributed by atoms with Gasteiger partial charge in [-0.15, -0.1) is 0 Å². The van der Waals surface area contributed by atoms with E-state index in [0.717, 1.165) is 11.3 Å². The molecule has 76 valence electrons. The van der Waals surface area contributed by atoms with Crippen molar-refractivity contribution < 1.29 is 0 Å². The Balaban J connectivity index is 1.99. The first-order chi connectivity index (χ1) is 6.37. The molecule has 2 fully saturated rings. The molecule has 0 atom stereocenters. The van der Waals surface area contributed by atoms with E-state index >= 15 is 0 Å². The molecule has 0 unspecified atom stereocenters. The molecule has 0 aromatic carbocycles. The third kappa shape index (κ3) is 1.76. The van der Waals surface area contributed by atoms with Crippen LogP contribution in [0, 0.1) is 11.3 Å². The number of piperidine rings is 1. The van der Waals surface area contributed by atoms with E-state index in [1.165, 1.54) is 58.0 Å². The van der Waals surface area contributed by atoms with Crippen LogP contribution in [-0.4, -0.2) is 13.1 Å². The van der Waals surface area contributed by atoms with Gasteiger partial charge in [-0.25, -0.2) is 0 Å². The number of hydrogen-bond acceptors (Lipinski definition) is 1. The molecule has 1 saturated heterocycles. The fourth-order valence-corrected chi connectivity index (χ4v) is 3.31. The quantitative estimate of drug-likeness (QED) is 0.706. The van der Waals surface area contributed by atoms with E-state index in [4.69, 9.17) is 0 Å². The molecular formula is C12H23N. The Kier molecular flexibility index (Phi) is 2.92. The van der Waals surface area contributed by atoms with Crippen LogP contribution >= 0.6 is 0 Å². The average molecular weight is 181 g/mol. The van der Waals surface area contributed by atoms with Gasteiger partial charge in [0.05, 0.1) is 0 Å². The molecule has 1 heterocycles. The number of rotatable bonds is 3. The van der Waals surface area contributed by atoms with Crippen LogP contribution in [0.15, 0.2) is 0 Å². The van der Waals surface area contributed by atoms with Gasteiger partial charge in [0.15, 0.2) is 0 Å². The van der Waals surface area contributed by atoms with Gasteiger partial charge in [-0.3, -0.25) is 0 Å². The topological polar surface area (TPSA) is 12.0 Å². The van der Waals surface area contributed by atoms with Gasteiger partial charge in [-0.2, -0.15) is 0 Å². The highest BCUT2D eigenvalue weighted by Gasteiger charge is 2.41. The largest absolute Gasteiger partial charge is 0.317 e. The molecule has 1 N–H and O–H groups in total. The van der Waals surface area contributed by atoms with Gasteiger partial charge in [0.25, 0.3) is 0 Å². The van der Waals surface area contributed by atoms with E-state index in [2.05, 4.69) is 12.2 Å². The molecule has 1 heteroatoms. The fourth-order valence-electron chi connectivity index (χ4n) is 3.31. The van der Waals surface area contributed by atoms with Gasteiger partial charge in [0.2, 0.25) is 0 Å². The second-order valence-corrected chi connectivity index (χ2v) is 4.99. The lowest BCUT2D eigenvalue weighted by atomic mass is 9.59. The van der Waals surface area contributed by atoms with Crippen molar-refractivity contribution in [3.8, 4) is 0 Å². The van der Waals surface area contributed by atoms with E-state index in [1.807, 2.05) is 0 Å². The number of hydrogen-bond donors (Lipinski definition) is 1. The highest BCUT2D eigenvalue weighted by molar-refractivity contribution is 4.93.